The van der Waals surface area contributed by atoms with E-state index in [4.69, 9.17) is 12.2 Å². The molecule has 0 saturated carbocycles. The molecule has 2 aliphatic rings. The van der Waals surface area contributed by atoms with Crippen molar-refractivity contribution in [2.75, 3.05) is 10.8 Å². The largest absolute Gasteiger partial charge is 0.311 e. The molecule has 0 spiro atoms. The highest BCUT2D eigenvalue weighted by molar-refractivity contribution is 8.24. The Morgan fingerprint density at radius 3 is 2.38 bits per heavy atom. The van der Waals surface area contributed by atoms with Crippen molar-refractivity contribution >= 4 is 57.6 Å². The second-order valence-corrected chi connectivity index (χ2v) is 11.3. The first-order valence-electron chi connectivity index (χ1n) is 11.2. The van der Waals surface area contributed by atoms with E-state index in [1.165, 1.54) is 17.3 Å². The van der Waals surface area contributed by atoms with Gasteiger partial charge in [-0.05, 0) is 54.2 Å². The summed E-state index contributed by atoms with van der Waals surface area (Å²) in [6.07, 6.45) is 1.98. The van der Waals surface area contributed by atoms with Crippen LogP contribution in [0.5, 0.6) is 0 Å². The molecular weight excluding hydrogens is 481 g/mol. The second kappa shape index (κ2) is 10.3. The van der Waals surface area contributed by atoms with E-state index in [0.29, 0.717) is 29.5 Å². The predicted octanol–water partition coefficient (Wildman–Crippen LogP) is 5.24. The van der Waals surface area contributed by atoms with Crippen molar-refractivity contribution in [3.05, 3.63) is 95.6 Å². The van der Waals surface area contributed by atoms with Crippen molar-refractivity contribution in [2.45, 2.75) is 29.4 Å². The lowest BCUT2D eigenvalue weighted by Gasteiger charge is -2.35. The van der Waals surface area contributed by atoms with Crippen molar-refractivity contribution in [3.8, 4) is 0 Å². The third-order valence-electron chi connectivity index (χ3n) is 6.21. The van der Waals surface area contributed by atoms with Gasteiger partial charge in [-0.2, -0.15) is 0 Å². The van der Waals surface area contributed by atoms with Crippen molar-refractivity contribution in [1.29, 1.82) is 0 Å². The number of thiocarbonyl (C=S) groups is 1. The van der Waals surface area contributed by atoms with Gasteiger partial charge in [0.15, 0.2) is 0 Å². The van der Waals surface area contributed by atoms with E-state index in [0.717, 1.165) is 21.7 Å². The fraction of sp³-hybridized carbons (Fsp3) is 0.222. The van der Waals surface area contributed by atoms with Crippen molar-refractivity contribution < 1.29 is 9.59 Å². The number of thioether (sulfide) groups is 2. The standard InChI is InChI=1S/C27H24N2O2S3/c30-25-24(34-27(32)28-25)16-19-10-7-13-23-22(19)15-20(14-18-8-3-1-4-9-18)26(31)29(23)17-33-21-11-5-2-6-12-21/h1-13,20,24H,14-17H2,(H,28,30,32). The van der Waals surface area contributed by atoms with Crippen LogP contribution in [0.15, 0.2) is 83.8 Å². The molecule has 2 unspecified atom stereocenters. The van der Waals surface area contributed by atoms with Crippen molar-refractivity contribution in [2.24, 2.45) is 5.92 Å². The normalized spacial score (nSPS) is 19.8. The van der Waals surface area contributed by atoms with Crippen LogP contribution in [0, 0.1) is 5.92 Å². The van der Waals surface area contributed by atoms with Gasteiger partial charge in [-0.3, -0.25) is 9.59 Å². The zero-order valence-electron chi connectivity index (χ0n) is 18.5. The zero-order chi connectivity index (χ0) is 23.5. The summed E-state index contributed by atoms with van der Waals surface area (Å²) < 4.78 is 0.540. The summed E-state index contributed by atoms with van der Waals surface area (Å²) in [5.74, 6) is 0.536. The average molecular weight is 505 g/mol. The Labute approximate surface area is 213 Å². The lowest BCUT2D eigenvalue weighted by molar-refractivity contribution is -0.122. The molecule has 0 aromatic heterocycles. The molecule has 2 heterocycles. The highest BCUT2D eigenvalue weighted by Gasteiger charge is 2.36. The Bertz CT molecular complexity index is 1220. The monoisotopic (exact) mass is 504 g/mol. The number of amides is 2. The minimum absolute atomic E-state index is 0.0307. The van der Waals surface area contributed by atoms with Gasteiger partial charge in [-0.1, -0.05) is 84.6 Å². The summed E-state index contributed by atoms with van der Waals surface area (Å²) in [5, 5.41) is 2.52. The van der Waals surface area contributed by atoms with Crippen LogP contribution >= 0.6 is 35.7 Å². The topological polar surface area (TPSA) is 49.4 Å². The predicted molar refractivity (Wildman–Crippen MR) is 144 cm³/mol. The van der Waals surface area contributed by atoms with E-state index in [2.05, 4.69) is 35.6 Å². The van der Waals surface area contributed by atoms with E-state index < -0.39 is 0 Å². The quantitative estimate of drug-likeness (QED) is 0.352. The molecule has 1 N–H and O–H groups in total. The van der Waals surface area contributed by atoms with Crippen LogP contribution in [0.1, 0.15) is 16.7 Å². The van der Waals surface area contributed by atoms with Gasteiger partial charge in [-0.15, -0.1) is 11.8 Å². The van der Waals surface area contributed by atoms with Gasteiger partial charge in [0, 0.05) is 16.5 Å². The highest BCUT2D eigenvalue weighted by atomic mass is 32.2. The first-order chi connectivity index (χ1) is 16.6. The molecule has 0 radical (unpaired) electrons. The van der Waals surface area contributed by atoms with Gasteiger partial charge in [0.1, 0.15) is 4.32 Å². The van der Waals surface area contributed by atoms with E-state index in [1.807, 2.05) is 53.4 Å². The minimum atomic E-state index is -0.226. The summed E-state index contributed by atoms with van der Waals surface area (Å²) in [7, 11) is 0. The molecule has 172 valence electrons. The summed E-state index contributed by atoms with van der Waals surface area (Å²) >= 11 is 8.27. The first kappa shape index (κ1) is 23.1. The number of carbonyl (C=O) groups excluding carboxylic acids is 2. The number of benzene rings is 3. The number of hydrogen-bond donors (Lipinski definition) is 1. The van der Waals surface area contributed by atoms with Crippen LogP contribution in [0.4, 0.5) is 5.69 Å². The van der Waals surface area contributed by atoms with Gasteiger partial charge < -0.3 is 10.2 Å². The molecule has 0 aliphatic carbocycles. The lowest BCUT2D eigenvalue weighted by atomic mass is 9.84. The number of nitrogens with zero attached hydrogens (tertiary/aromatic N) is 1. The Morgan fingerprint density at radius 2 is 1.68 bits per heavy atom. The van der Waals surface area contributed by atoms with Gasteiger partial charge in [0.2, 0.25) is 11.8 Å². The van der Waals surface area contributed by atoms with Gasteiger partial charge >= 0.3 is 0 Å². The lowest BCUT2D eigenvalue weighted by Crippen LogP contribution is -2.42. The highest BCUT2D eigenvalue weighted by Crippen LogP contribution is 2.38. The fourth-order valence-corrected chi connectivity index (χ4v) is 6.74. The van der Waals surface area contributed by atoms with Crippen molar-refractivity contribution in [3.63, 3.8) is 0 Å². The summed E-state index contributed by atoms with van der Waals surface area (Å²) in [6, 6.07) is 26.5. The van der Waals surface area contributed by atoms with Crippen LogP contribution in [-0.2, 0) is 28.9 Å². The average Bonchev–Trinajstić information content (AvgIpc) is 3.17. The van der Waals surface area contributed by atoms with E-state index in [1.54, 1.807) is 11.8 Å². The van der Waals surface area contributed by atoms with Gasteiger partial charge in [-0.25, -0.2) is 0 Å². The third-order valence-corrected chi connectivity index (χ3v) is 8.57. The molecule has 3 aromatic carbocycles. The summed E-state index contributed by atoms with van der Waals surface area (Å²) in [6.45, 7) is 0. The third kappa shape index (κ3) is 5.06. The minimum Gasteiger partial charge on any atom is -0.311 e. The van der Waals surface area contributed by atoms with Crippen molar-refractivity contribution in [1.82, 2.24) is 5.32 Å². The van der Waals surface area contributed by atoms with Crippen LogP contribution in [0.25, 0.3) is 0 Å². The maximum absolute atomic E-state index is 13.7. The molecule has 2 aliphatic heterocycles. The molecule has 3 aromatic rings. The molecule has 7 heteroatoms. The number of fused-ring (bicyclic) bond motifs is 1. The smallest absolute Gasteiger partial charge is 0.239 e. The summed E-state index contributed by atoms with van der Waals surface area (Å²) in [5.41, 5.74) is 4.41. The van der Waals surface area contributed by atoms with Gasteiger partial charge in [0.25, 0.3) is 0 Å². The Hall–Kier alpha value is -2.61. The number of carbonyl (C=O) groups is 2. The second-order valence-electron chi connectivity index (χ2n) is 8.45. The number of hydrogen-bond acceptors (Lipinski definition) is 5. The van der Waals surface area contributed by atoms with E-state index in [9.17, 15) is 9.59 Å². The molecule has 2 amide bonds. The molecule has 1 fully saturated rings. The number of rotatable bonds is 7. The molecule has 5 rings (SSSR count). The van der Waals surface area contributed by atoms with Crippen LogP contribution in [0.2, 0.25) is 0 Å². The SMILES string of the molecule is O=C1NC(=S)SC1Cc1cccc2c1CC(Cc1ccccc1)C(=O)N2CSc1ccccc1. The van der Waals surface area contributed by atoms with Crippen LogP contribution < -0.4 is 10.2 Å². The molecule has 2 atom stereocenters. The van der Waals surface area contributed by atoms with Gasteiger partial charge in [0.05, 0.1) is 11.1 Å². The molecule has 34 heavy (non-hydrogen) atoms. The molecule has 4 nitrogen and oxygen atoms in total. The Morgan fingerprint density at radius 1 is 0.941 bits per heavy atom. The molecule has 0 bridgehead atoms. The summed E-state index contributed by atoms with van der Waals surface area (Å²) in [4.78, 5) is 29.1. The van der Waals surface area contributed by atoms with E-state index in [-0.39, 0.29) is 23.0 Å². The molecular formula is C27H24N2O2S3. The maximum atomic E-state index is 13.7. The maximum Gasteiger partial charge on any atom is 0.239 e. The number of anilines is 1. The van der Waals surface area contributed by atoms with Crippen LogP contribution in [0.3, 0.4) is 0 Å². The Balaban J connectivity index is 1.46. The Kier molecular flexibility index (Phi) is 7.04. The fourth-order valence-electron chi connectivity index (χ4n) is 4.55. The van der Waals surface area contributed by atoms with Crippen LogP contribution in [-0.4, -0.2) is 27.3 Å². The molecule has 1 saturated heterocycles. The zero-order valence-corrected chi connectivity index (χ0v) is 20.9. The van der Waals surface area contributed by atoms with E-state index >= 15 is 0 Å². The first-order valence-corrected chi connectivity index (χ1v) is 13.5. The number of nitrogens with one attached hydrogen (secondary N) is 1.